The molecule has 0 bridgehead atoms. The van der Waals surface area contributed by atoms with E-state index in [0.717, 1.165) is 27.8 Å². The summed E-state index contributed by atoms with van der Waals surface area (Å²) in [5.41, 5.74) is 5.46. The first-order valence-electron chi connectivity index (χ1n) is 8.69. The lowest BCUT2D eigenvalue weighted by atomic mass is 9.92. The molecule has 2 aromatic carbocycles. The molecule has 0 unspecified atom stereocenters. The molecule has 0 atom stereocenters. The van der Waals surface area contributed by atoms with Gasteiger partial charge in [0, 0.05) is 12.6 Å². The van der Waals surface area contributed by atoms with E-state index < -0.39 is 0 Å². The van der Waals surface area contributed by atoms with E-state index in [1.165, 1.54) is 17.8 Å². The highest BCUT2D eigenvalue weighted by Gasteiger charge is 2.19. The minimum Gasteiger partial charge on any atom is -0.305 e. The van der Waals surface area contributed by atoms with Gasteiger partial charge >= 0.3 is 0 Å². The summed E-state index contributed by atoms with van der Waals surface area (Å²) < 4.78 is 15.7. The standard InChI is InChI=1S/C21H22FN3OS/c1-12-10-13(2)15(4)19(14(12)3)18(26)11-27-21-24-23-20(25(21)5)16-8-6-7-9-17(16)22/h6-10H,11H2,1-5H3. The van der Waals surface area contributed by atoms with Gasteiger partial charge in [0.2, 0.25) is 0 Å². The van der Waals surface area contributed by atoms with Crippen LogP contribution in [0.1, 0.15) is 32.6 Å². The highest BCUT2D eigenvalue weighted by Crippen LogP contribution is 2.27. The summed E-state index contributed by atoms with van der Waals surface area (Å²) in [5, 5.41) is 8.82. The Hall–Kier alpha value is -2.47. The van der Waals surface area contributed by atoms with Crippen molar-refractivity contribution in [3.63, 3.8) is 0 Å². The van der Waals surface area contributed by atoms with Gasteiger partial charge < -0.3 is 4.57 Å². The number of aromatic nitrogens is 3. The largest absolute Gasteiger partial charge is 0.305 e. The summed E-state index contributed by atoms with van der Waals surface area (Å²) >= 11 is 1.32. The fourth-order valence-corrected chi connectivity index (χ4v) is 3.94. The smallest absolute Gasteiger partial charge is 0.191 e. The molecule has 27 heavy (non-hydrogen) atoms. The lowest BCUT2D eigenvalue weighted by Crippen LogP contribution is -2.10. The molecule has 0 aliphatic heterocycles. The second kappa shape index (κ2) is 7.64. The Balaban J connectivity index is 1.83. The first-order chi connectivity index (χ1) is 12.8. The van der Waals surface area contributed by atoms with Gasteiger partial charge in [-0.25, -0.2) is 4.39 Å². The van der Waals surface area contributed by atoms with E-state index in [1.54, 1.807) is 29.8 Å². The van der Waals surface area contributed by atoms with Gasteiger partial charge in [-0.05, 0) is 62.1 Å². The minimum absolute atomic E-state index is 0.0669. The van der Waals surface area contributed by atoms with Gasteiger partial charge in [-0.2, -0.15) is 0 Å². The van der Waals surface area contributed by atoms with Gasteiger partial charge in [0.25, 0.3) is 0 Å². The summed E-state index contributed by atoms with van der Waals surface area (Å²) in [4.78, 5) is 12.9. The van der Waals surface area contributed by atoms with E-state index in [9.17, 15) is 9.18 Å². The van der Waals surface area contributed by atoms with E-state index in [4.69, 9.17) is 0 Å². The molecule has 1 heterocycles. The number of hydrogen-bond acceptors (Lipinski definition) is 4. The van der Waals surface area contributed by atoms with Gasteiger partial charge in [0.1, 0.15) is 5.82 Å². The molecular weight excluding hydrogens is 361 g/mol. The molecule has 0 spiro atoms. The number of rotatable bonds is 5. The van der Waals surface area contributed by atoms with Crippen LogP contribution in [0.5, 0.6) is 0 Å². The van der Waals surface area contributed by atoms with Crippen molar-refractivity contribution in [1.29, 1.82) is 0 Å². The number of thioether (sulfide) groups is 1. The summed E-state index contributed by atoms with van der Waals surface area (Å²) in [6.07, 6.45) is 0. The number of carbonyl (C=O) groups excluding carboxylic acids is 1. The quantitative estimate of drug-likeness (QED) is 0.468. The average molecular weight is 383 g/mol. The van der Waals surface area contributed by atoms with Gasteiger partial charge in [0.15, 0.2) is 16.8 Å². The third-order valence-electron chi connectivity index (χ3n) is 4.93. The van der Waals surface area contributed by atoms with Crippen molar-refractivity contribution in [1.82, 2.24) is 14.8 Å². The van der Waals surface area contributed by atoms with Crippen molar-refractivity contribution >= 4 is 17.5 Å². The number of halogens is 1. The molecule has 4 nitrogen and oxygen atoms in total. The second-order valence-electron chi connectivity index (χ2n) is 6.69. The van der Waals surface area contributed by atoms with E-state index in [1.807, 2.05) is 27.7 Å². The van der Waals surface area contributed by atoms with Crippen LogP contribution in [0.3, 0.4) is 0 Å². The molecule has 140 valence electrons. The minimum atomic E-state index is -0.345. The zero-order valence-electron chi connectivity index (χ0n) is 16.1. The fourth-order valence-electron chi connectivity index (χ4n) is 3.16. The summed E-state index contributed by atoms with van der Waals surface area (Å²) in [6.45, 7) is 8.01. The summed E-state index contributed by atoms with van der Waals surface area (Å²) in [6, 6.07) is 8.57. The first kappa shape index (κ1) is 19.3. The first-order valence-corrected chi connectivity index (χ1v) is 9.67. The monoisotopic (exact) mass is 383 g/mol. The number of benzene rings is 2. The Morgan fingerprint density at radius 2 is 1.70 bits per heavy atom. The van der Waals surface area contributed by atoms with Crippen molar-refractivity contribution in [3.8, 4) is 11.4 Å². The van der Waals surface area contributed by atoms with Crippen LogP contribution in [0.15, 0.2) is 35.5 Å². The normalized spacial score (nSPS) is 11.0. The predicted molar refractivity (Wildman–Crippen MR) is 107 cm³/mol. The molecule has 0 N–H and O–H groups in total. The molecule has 0 fully saturated rings. The van der Waals surface area contributed by atoms with Crippen LogP contribution in [-0.4, -0.2) is 26.3 Å². The Morgan fingerprint density at radius 3 is 2.33 bits per heavy atom. The van der Waals surface area contributed by atoms with E-state index in [0.29, 0.717) is 16.5 Å². The molecule has 0 saturated heterocycles. The van der Waals surface area contributed by atoms with Crippen LogP contribution in [0.4, 0.5) is 4.39 Å². The third kappa shape index (κ3) is 3.67. The fraction of sp³-hybridized carbons (Fsp3) is 0.286. The molecule has 0 radical (unpaired) electrons. The third-order valence-corrected chi connectivity index (χ3v) is 5.95. The van der Waals surface area contributed by atoms with Gasteiger partial charge in [-0.3, -0.25) is 4.79 Å². The molecule has 3 aromatic rings. The summed E-state index contributed by atoms with van der Waals surface area (Å²) in [7, 11) is 1.78. The molecule has 6 heteroatoms. The number of carbonyl (C=O) groups is 1. The molecule has 0 amide bonds. The van der Waals surface area contributed by atoms with E-state index in [2.05, 4.69) is 16.3 Å². The number of Topliss-reactive ketones (excluding diaryl/α,β-unsaturated/α-hetero) is 1. The SMILES string of the molecule is Cc1cc(C)c(C)c(C(=O)CSc2nnc(-c3ccccc3F)n2C)c1C. The highest BCUT2D eigenvalue weighted by atomic mass is 32.2. The van der Waals surface area contributed by atoms with Crippen molar-refractivity contribution in [2.24, 2.45) is 7.05 Å². The van der Waals surface area contributed by atoms with Crippen LogP contribution in [0.25, 0.3) is 11.4 Å². The Kier molecular flexibility index (Phi) is 5.46. The molecular formula is C21H22FN3OS. The average Bonchev–Trinajstić information content (AvgIpc) is 2.99. The second-order valence-corrected chi connectivity index (χ2v) is 7.63. The van der Waals surface area contributed by atoms with Gasteiger partial charge in [-0.1, -0.05) is 30.0 Å². The Labute approximate surface area is 162 Å². The number of aryl methyl sites for hydroxylation is 2. The van der Waals surface area contributed by atoms with Gasteiger partial charge in [-0.15, -0.1) is 10.2 Å². The summed E-state index contributed by atoms with van der Waals surface area (Å²) in [5.74, 6) is 0.426. The van der Waals surface area contributed by atoms with Crippen LogP contribution in [-0.2, 0) is 7.05 Å². The lowest BCUT2D eigenvalue weighted by Gasteiger charge is -2.14. The topological polar surface area (TPSA) is 47.8 Å². The Morgan fingerprint density at radius 1 is 1.07 bits per heavy atom. The predicted octanol–water partition coefficient (Wildman–Crippen LogP) is 4.83. The maximum Gasteiger partial charge on any atom is 0.191 e. The number of nitrogens with zero attached hydrogens (tertiary/aromatic N) is 3. The highest BCUT2D eigenvalue weighted by molar-refractivity contribution is 7.99. The lowest BCUT2D eigenvalue weighted by molar-refractivity contribution is 0.102. The molecule has 0 aliphatic carbocycles. The zero-order valence-corrected chi connectivity index (χ0v) is 16.9. The van der Waals surface area contributed by atoms with E-state index >= 15 is 0 Å². The van der Waals surface area contributed by atoms with Crippen molar-refractivity contribution in [2.75, 3.05) is 5.75 Å². The number of ketones is 1. The van der Waals surface area contributed by atoms with Crippen molar-refractivity contribution in [2.45, 2.75) is 32.9 Å². The van der Waals surface area contributed by atoms with Crippen molar-refractivity contribution < 1.29 is 9.18 Å². The van der Waals surface area contributed by atoms with Gasteiger partial charge in [0.05, 0.1) is 11.3 Å². The number of hydrogen-bond donors (Lipinski definition) is 0. The van der Waals surface area contributed by atoms with Crippen LogP contribution >= 0.6 is 11.8 Å². The van der Waals surface area contributed by atoms with Crippen LogP contribution < -0.4 is 0 Å². The molecule has 0 aliphatic rings. The zero-order chi connectivity index (χ0) is 19.7. The molecule has 1 aromatic heterocycles. The maximum atomic E-state index is 14.0. The van der Waals surface area contributed by atoms with Crippen LogP contribution in [0.2, 0.25) is 0 Å². The maximum absolute atomic E-state index is 14.0. The Bertz CT molecular complexity index is 1000. The van der Waals surface area contributed by atoms with Crippen molar-refractivity contribution in [3.05, 3.63) is 64.0 Å². The molecule has 0 saturated carbocycles. The van der Waals surface area contributed by atoms with E-state index in [-0.39, 0.29) is 17.4 Å². The van der Waals surface area contributed by atoms with Crippen LogP contribution in [0, 0.1) is 33.5 Å². The molecule has 3 rings (SSSR count).